The molecule has 0 saturated carbocycles. The van der Waals surface area contributed by atoms with Crippen LogP contribution in [0.15, 0.2) is 47.0 Å². The molecule has 1 aliphatic heterocycles. The third kappa shape index (κ3) is 3.66. The Labute approximate surface area is 169 Å². The number of anilines is 1. The van der Waals surface area contributed by atoms with Crippen molar-refractivity contribution in [2.24, 2.45) is 0 Å². The first kappa shape index (κ1) is 18.9. The van der Waals surface area contributed by atoms with Crippen LogP contribution in [0.1, 0.15) is 41.8 Å². The smallest absolute Gasteiger partial charge is 0.246 e. The normalized spacial score (nSPS) is 14.7. The molecule has 0 radical (unpaired) electrons. The number of benzene rings is 1. The SMILES string of the molecule is Cc1c([C@@H](C)N(C)C(=O)/C=C/c2cnc3c(c2)CCC(=O)N3)oc2ccccc12. The number of aryl methyl sites for hydroxylation is 2. The zero-order valence-corrected chi connectivity index (χ0v) is 16.7. The van der Waals surface area contributed by atoms with Gasteiger partial charge < -0.3 is 14.6 Å². The van der Waals surface area contributed by atoms with E-state index in [1.54, 1.807) is 30.3 Å². The van der Waals surface area contributed by atoms with Gasteiger partial charge in [0.25, 0.3) is 0 Å². The van der Waals surface area contributed by atoms with Crippen LogP contribution in [0.5, 0.6) is 0 Å². The predicted octanol–water partition coefficient (Wildman–Crippen LogP) is 4.25. The van der Waals surface area contributed by atoms with Crippen LogP contribution in [-0.2, 0) is 16.0 Å². The number of nitrogens with zero attached hydrogens (tertiary/aromatic N) is 2. The number of hydrogen-bond acceptors (Lipinski definition) is 4. The van der Waals surface area contributed by atoms with E-state index in [9.17, 15) is 9.59 Å². The van der Waals surface area contributed by atoms with Gasteiger partial charge in [-0.1, -0.05) is 18.2 Å². The average molecular weight is 389 g/mol. The summed E-state index contributed by atoms with van der Waals surface area (Å²) in [6.45, 7) is 3.98. The summed E-state index contributed by atoms with van der Waals surface area (Å²) in [6.07, 6.45) is 6.06. The summed E-state index contributed by atoms with van der Waals surface area (Å²) in [5, 5.41) is 3.83. The number of nitrogens with one attached hydrogen (secondary N) is 1. The molecule has 1 aliphatic rings. The Hall–Kier alpha value is -3.41. The van der Waals surface area contributed by atoms with Gasteiger partial charge in [-0.25, -0.2) is 4.98 Å². The second-order valence-corrected chi connectivity index (χ2v) is 7.37. The van der Waals surface area contributed by atoms with Crippen LogP contribution in [0, 0.1) is 6.92 Å². The Bertz CT molecular complexity index is 1130. The van der Waals surface area contributed by atoms with Gasteiger partial charge in [0.1, 0.15) is 17.2 Å². The van der Waals surface area contributed by atoms with E-state index in [4.69, 9.17) is 4.42 Å². The third-order valence-corrected chi connectivity index (χ3v) is 5.47. The quantitative estimate of drug-likeness (QED) is 0.677. The van der Waals surface area contributed by atoms with Crippen LogP contribution in [-0.4, -0.2) is 28.7 Å². The van der Waals surface area contributed by atoms with E-state index in [1.807, 2.05) is 44.2 Å². The van der Waals surface area contributed by atoms with Gasteiger partial charge in [0, 0.05) is 36.7 Å². The van der Waals surface area contributed by atoms with Gasteiger partial charge in [-0.2, -0.15) is 0 Å². The largest absolute Gasteiger partial charge is 0.459 e. The van der Waals surface area contributed by atoms with Crippen LogP contribution in [0.25, 0.3) is 17.0 Å². The molecule has 0 aliphatic carbocycles. The number of hydrogen-bond donors (Lipinski definition) is 1. The summed E-state index contributed by atoms with van der Waals surface area (Å²) in [7, 11) is 1.77. The van der Waals surface area contributed by atoms with Crippen LogP contribution in [0.3, 0.4) is 0 Å². The van der Waals surface area contributed by atoms with Gasteiger partial charge in [-0.15, -0.1) is 0 Å². The molecule has 0 bridgehead atoms. The zero-order valence-electron chi connectivity index (χ0n) is 16.7. The van der Waals surface area contributed by atoms with Gasteiger partial charge in [0.05, 0.1) is 6.04 Å². The lowest BCUT2D eigenvalue weighted by atomic mass is 10.0. The molecule has 1 N–H and O–H groups in total. The van der Waals surface area contributed by atoms with Crippen molar-refractivity contribution in [2.45, 2.75) is 32.7 Å². The average Bonchev–Trinajstić information content (AvgIpc) is 3.07. The highest BCUT2D eigenvalue weighted by atomic mass is 16.3. The molecule has 2 amide bonds. The Morgan fingerprint density at radius 1 is 1.31 bits per heavy atom. The number of carbonyl (C=O) groups is 2. The molecule has 6 heteroatoms. The van der Waals surface area contributed by atoms with E-state index in [-0.39, 0.29) is 17.9 Å². The van der Waals surface area contributed by atoms with E-state index in [0.717, 1.165) is 33.4 Å². The summed E-state index contributed by atoms with van der Waals surface area (Å²) < 4.78 is 6.00. The van der Waals surface area contributed by atoms with Crippen molar-refractivity contribution < 1.29 is 14.0 Å². The fourth-order valence-corrected chi connectivity index (χ4v) is 3.61. The highest BCUT2D eigenvalue weighted by Crippen LogP contribution is 2.31. The Kier molecular flexibility index (Phi) is 4.92. The van der Waals surface area contributed by atoms with Crippen molar-refractivity contribution in [3.63, 3.8) is 0 Å². The molecule has 6 nitrogen and oxygen atoms in total. The maximum atomic E-state index is 12.7. The maximum Gasteiger partial charge on any atom is 0.246 e. The topological polar surface area (TPSA) is 75.4 Å². The fraction of sp³-hybridized carbons (Fsp3) is 0.261. The standard InChI is InChI=1S/C23H23N3O3/c1-14-18-6-4-5-7-19(18)29-22(14)15(2)26(3)21(28)11-8-16-12-17-9-10-20(27)25-23(17)24-13-16/h4-8,11-13,15H,9-10H2,1-3H3,(H,24,25,27)/b11-8+/t15-/m1/s1. The van der Waals surface area contributed by atoms with Gasteiger partial charge in [-0.05, 0) is 49.6 Å². The Balaban J connectivity index is 1.50. The molecule has 4 rings (SSSR count). The molecule has 2 aromatic heterocycles. The van der Waals surface area contributed by atoms with E-state index in [1.165, 1.54) is 0 Å². The number of furan rings is 1. The highest BCUT2D eigenvalue weighted by Gasteiger charge is 2.22. The lowest BCUT2D eigenvalue weighted by Crippen LogP contribution is -2.28. The van der Waals surface area contributed by atoms with Crippen molar-refractivity contribution in [2.75, 3.05) is 12.4 Å². The predicted molar refractivity (Wildman–Crippen MR) is 112 cm³/mol. The first-order valence-corrected chi connectivity index (χ1v) is 9.65. The number of likely N-dealkylation sites (N-methyl/N-ethyl adjacent to an activating group) is 1. The van der Waals surface area contributed by atoms with Gasteiger partial charge in [0.15, 0.2) is 0 Å². The molecule has 3 aromatic rings. The number of amides is 2. The van der Waals surface area contributed by atoms with Crippen molar-refractivity contribution in [1.29, 1.82) is 0 Å². The zero-order chi connectivity index (χ0) is 20.5. The molecule has 0 saturated heterocycles. The molecule has 0 unspecified atom stereocenters. The lowest BCUT2D eigenvalue weighted by Gasteiger charge is -2.22. The van der Waals surface area contributed by atoms with Gasteiger partial charge >= 0.3 is 0 Å². The minimum Gasteiger partial charge on any atom is -0.459 e. The van der Waals surface area contributed by atoms with Crippen molar-refractivity contribution in [1.82, 2.24) is 9.88 Å². The molecule has 1 atom stereocenters. The van der Waals surface area contributed by atoms with Crippen LogP contribution >= 0.6 is 0 Å². The van der Waals surface area contributed by atoms with Crippen LogP contribution < -0.4 is 5.32 Å². The first-order valence-electron chi connectivity index (χ1n) is 9.65. The summed E-state index contributed by atoms with van der Waals surface area (Å²) in [4.78, 5) is 30.1. The Morgan fingerprint density at radius 2 is 2.10 bits per heavy atom. The molecular weight excluding hydrogens is 366 g/mol. The Morgan fingerprint density at radius 3 is 2.90 bits per heavy atom. The molecule has 0 fully saturated rings. The molecule has 0 spiro atoms. The van der Waals surface area contributed by atoms with E-state index < -0.39 is 0 Å². The van der Waals surface area contributed by atoms with E-state index in [0.29, 0.717) is 18.7 Å². The summed E-state index contributed by atoms with van der Waals surface area (Å²) in [5.41, 5.74) is 3.70. The minimum absolute atomic E-state index is 0.0139. The fourth-order valence-electron chi connectivity index (χ4n) is 3.61. The first-order chi connectivity index (χ1) is 13.9. The second-order valence-electron chi connectivity index (χ2n) is 7.37. The summed E-state index contributed by atoms with van der Waals surface area (Å²) in [5.74, 6) is 1.26. The van der Waals surface area contributed by atoms with E-state index >= 15 is 0 Å². The molecule has 3 heterocycles. The monoisotopic (exact) mass is 389 g/mol. The van der Waals surface area contributed by atoms with Crippen molar-refractivity contribution in [3.05, 3.63) is 65.1 Å². The van der Waals surface area contributed by atoms with Crippen LogP contribution in [0.4, 0.5) is 5.82 Å². The minimum atomic E-state index is -0.198. The van der Waals surface area contributed by atoms with Crippen molar-refractivity contribution in [3.8, 4) is 0 Å². The lowest BCUT2D eigenvalue weighted by molar-refractivity contribution is -0.126. The number of fused-ring (bicyclic) bond motifs is 2. The summed E-state index contributed by atoms with van der Waals surface area (Å²) >= 11 is 0. The second kappa shape index (κ2) is 7.54. The number of para-hydroxylation sites is 1. The van der Waals surface area contributed by atoms with Gasteiger partial charge in [0.2, 0.25) is 11.8 Å². The number of pyridine rings is 1. The van der Waals surface area contributed by atoms with E-state index in [2.05, 4.69) is 10.3 Å². The molecule has 148 valence electrons. The highest BCUT2D eigenvalue weighted by molar-refractivity contribution is 5.94. The molecular formula is C23H23N3O3. The number of carbonyl (C=O) groups excluding carboxylic acids is 2. The molecule has 29 heavy (non-hydrogen) atoms. The summed E-state index contributed by atoms with van der Waals surface area (Å²) in [6, 6.07) is 9.64. The maximum absolute atomic E-state index is 12.7. The number of rotatable bonds is 4. The van der Waals surface area contributed by atoms with Crippen molar-refractivity contribution >= 4 is 34.7 Å². The molecule has 1 aromatic carbocycles. The number of aromatic nitrogens is 1. The third-order valence-electron chi connectivity index (χ3n) is 5.47. The van der Waals surface area contributed by atoms with Gasteiger partial charge in [-0.3, -0.25) is 9.59 Å². The van der Waals surface area contributed by atoms with Crippen LogP contribution in [0.2, 0.25) is 0 Å².